The Morgan fingerprint density at radius 3 is 2.43 bits per heavy atom. The Bertz CT molecular complexity index is 112. The predicted molar refractivity (Wildman–Crippen MR) is 24.3 cm³/mol. The molecule has 0 fully saturated rings. The first-order valence-electron chi connectivity index (χ1n) is 1.39. The van der Waals surface area contributed by atoms with Crippen LogP contribution in [0.2, 0.25) is 0 Å². The third-order valence-electron chi connectivity index (χ3n) is 0.362. The van der Waals surface area contributed by atoms with E-state index in [0.717, 1.165) is 0 Å². The van der Waals surface area contributed by atoms with Crippen LogP contribution in [0, 0.1) is 0 Å². The summed E-state index contributed by atoms with van der Waals surface area (Å²) < 4.78 is 0. The molecule has 1 aromatic heterocycles. The summed E-state index contributed by atoms with van der Waals surface area (Å²) in [6.45, 7) is 0. The van der Waals surface area contributed by atoms with E-state index < -0.39 is 0 Å². The van der Waals surface area contributed by atoms with E-state index in [2.05, 4.69) is 20.6 Å². The van der Waals surface area contributed by atoms with Crippen molar-refractivity contribution in [2.75, 3.05) is 5.73 Å². The second-order valence-electron chi connectivity index (χ2n) is 0.786. The molecule has 1 heterocycles. The van der Waals surface area contributed by atoms with E-state index in [1.54, 1.807) is 0 Å². The number of hydrogen-bond acceptors (Lipinski definition) is 4. The monoisotopic (exact) mass is 108 g/mol. The van der Waals surface area contributed by atoms with Crippen molar-refractivity contribution < 1.29 is 0 Å². The molecule has 0 aromatic carbocycles. The number of aromatic amines is 1. The summed E-state index contributed by atoms with van der Waals surface area (Å²) >= 11 is 0. The van der Waals surface area contributed by atoms with Crippen LogP contribution in [-0.4, -0.2) is 50.2 Å². The van der Waals surface area contributed by atoms with Crippen molar-refractivity contribution in [1.82, 2.24) is 20.6 Å². The molecule has 0 saturated carbocycles. The van der Waals surface area contributed by atoms with Gasteiger partial charge < -0.3 is 5.73 Å². The Labute approximate surface area is 62.0 Å². The number of anilines is 1. The molecule has 33 valence electrons. The number of aromatic nitrogens is 4. The molecule has 0 aliphatic heterocycles. The Hall–Kier alpha value is -0.130. The minimum Gasteiger partial charge on any atom is -0.367 e. The molecule has 0 saturated heterocycles. The van der Waals surface area contributed by atoms with Gasteiger partial charge in [-0.3, -0.25) is 0 Å². The number of H-pyrrole nitrogens is 1. The van der Waals surface area contributed by atoms with Gasteiger partial charge in [0.1, 0.15) is 0 Å². The normalized spacial score (nSPS) is 7.43. The Morgan fingerprint density at radius 1 is 1.57 bits per heavy atom. The van der Waals surface area contributed by atoms with Gasteiger partial charge in [0, 0.05) is 29.6 Å². The number of tetrazole rings is 1. The molecule has 1 radical (unpaired) electrons. The van der Waals surface area contributed by atoms with Gasteiger partial charge >= 0.3 is 0 Å². The minimum atomic E-state index is 0. The topological polar surface area (TPSA) is 80.5 Å². The summed E-state index contributed by atoms with van der Waals surface area (Å²) in [4.78, 5) is 0. The zero-order valence-corrected chi connectivity index (χ0v) is 5.92. The fourth-order valence-corrected chi connectivity index (χ4v) is 0.166. The van der Waals surface area contributed by atoms with E-state index in [9.17, 15) is 0 Å². The van der Waals surface area contributed by atoms with Gasteiger partial charge in [0.2, 0.25) is 5.95 Å². The second-order valence-corrected chi connectivity index (χ2v) is 0.786. The number of nitrogen functional groups attached to an aromatic ring is 1. The largest absolute Gasteiger partial charge is 0.367 e. The van der Waals surface area contributed by atoms with Crippen LogP contribution in [0.5, 0.6) is 0 Å². The van der Waals surface area contributed by atoms with E-state index >= 15 is 0 Å². The van der Waals surface area contributed by atoms with Gasteiger partial charge in [0.25, 0.3) is 0 Å². The van der Waals surface area contributed by atoms with Crippen LogP contribution in [0.4, 0.5) is 5.95 Å². The van der Waals surface area contributed by atoms with E-state index in [1.165, 1.54) is 0 Å². The molecule has 1 aromatic rings. The Kier molecular flexibility index (Phi) is 2.89. The van der Waals surface area contributed by atoms with E-state index in [-0.39, 0.29) is 35.5 Å². The van der Waals surface area contributed by atoms with Gasteiger partial charge in [0.05, 0.1) is 0 Å². The molecular formula is CH3N5Na. The number of nitrogens with two attached hydrogens (primary N) is 1. The first kappa shape index (κ1) is 6.87. The van der Waals surface area contributed by atoms with Gasteiger partial charge in [-0.2, -0.15) is 0 Å². The maximum absolute atomic E-state index is 4.99. The van der Waals surface area contributed by atoms with Gasteiger partial charge in [-0.1, -0.05) is 5.10 Å². The van der Waals surface area contributed by atoms with Crippen LogP contribution >= 0.6 is 0 Å². The van der Waals surface area contributed by atoms with Crippen LogP contribution in [-0.2, 0) is 0 Å². The fraction of sp³-hybridized carbons (Fsp3) is 0. The van der Waals surface area contributed by atoms with Gasteiger partial charge in [-0.25, -0.2) is 5.10 Å². The zero-order chi connectivity index (χ0) is 4.41. The fourth-order valence-electron chi connectivity index (χ4n) is 0.166. The van der Waals surface area contributed by atoms with Crippen molar-refractivity contribution in [3.8, 4) is 0 Å². The predicted octanol–water partition coefficient (Wildman–Crippen LogP) is -1.60. The summed E-state index contributed by atoms with van der Waals surface area (Å²) in [5, 5.41) is 11.9. The van der Waals surface area contributed by atoms with Crippen LogP contribution in [0.25, 0.3) is 0 Å². The Balaban J connectivity index is 0.000000360. The zero-order valence-electron chi connectivity index (χ0n) is 3.92. The average Bonchev–Trinajstić information content (AvgIpc) is 1.86. The van der Waals surface area contributed by atoms with Gasteiger partial charge in [-0.15, -0.1) is 0 Å². The number of nitrogens with one attached hydrogen (secondary N) is 1. The molecule has 6 heteroatoms. The summed E-state index contributed by atoms with van der Waals surface area (Å²) in [6, 6.07) is 0. The van der Waals surface area contributed by atoms with E-state index in [0.29, 0.717) is 0 Å². The smallest absolute Gasteiger partial charge is 0.237 e. The SMILES string of the molecule is Nc1nnn[nH]1.[Na]. The maximum Gasteiger partial charge on any atom is 0.237 e. The molecule has 1 rings (SSSR count). The van der Waals surface area contributed by atoms with Crippen LogP contribution < -0.4 is 5.73 Å². The molecule has 0 amide bonds. The number of rotatable bonds is 0. The van der Waals surface area contributed by atoms with Crippen molar-refractivity contribution in [2.45, 2.75) is 0 Å². The van der Waals surface area contributed by atoms with Crippen molar-refractivity contribution in [2.24, 2.45) is 0 Å². The van der Waals surface area contributed by atoms with Crippen LogP contribution in [0.3, 0.4) is 0 Å². The molecule has 5 nitrogen and oxygen atoms in total. The molecule has 0 bridgehead atoms. The molecule has 0 aliphatic carbocycles. The standard InChI is InChI=1S/CH3N5.Na/c2-1-3-5-6-4-1;/h(H3,2,3,4,5,6);. The Morgan fingerprint density at radius 2 is 2.29 bits per heavy atom. The molecule has 0 unspecified atom stereocenters. The number of hydrogen-bond donors (Lipinski definition) is 2. The van der Waals surface area contributed by atoms with Crippen LogP contribution in [0.15, 0.2) is 0 Å². The molecule has 7 heavy (non-hydrogen) atoms. The van der Waals surface area contributed by atoms with E-state index in [4.69, 9.17) is 5.73 Å². The van der Waals surface area contributed by atoms with Gasteiger partial charge in [0.15, 0.2) is 0 Å². The third-order valence-corrected chi connectivity index (χ3v) is 0.362. The molecule has 0 atom stereocenters. The van der Waals surface area contributed by atoms with Crippen LogP contribution in [0.1, 0.15) is 0 Å². The molecule has 3 N–H and O–H groups in total. The molecular weight excluding hydrogens is 105 g/mol. The third kappa shape index (κ3) is 1.86. The quantitative estimate of drug-likeness (QED) is 0.392. The second kappa shape index (κ2) is 2.95. The van der Waals surface area contributed by atoms with Crippen molar-refractivity contribution in [3.63, 3.8) is 0 Å². The average molecular weight is 108 g/mol. The van der Waals surface area contributed by atoms with Crippen molar-refractivity contribution >= 4 is 35.5 Å². The minimum absolute atomic E-state index is 0. The summed E-state index contributed by atoms with van der Waals surface area (Å²) in [7, 11) is 0. The van der Waals surface area contributed by atoms with Gasteiger partial charge in [-0.05, 0) is 10.4 Å². The molecule has 0 spiro atoms. The van der Waals surface area contributed by atoms with E-state index in [1.807, 2.05) is 0 Å². The van der Waals surface area contributed by atoms with Crippen molar-refractivity contribution in [3.05, 3.63) is 0 Å². The maximum atomic E-state index is 4.99. The first-order valence-corrected chi connectivity index (χ1v) is 1.39. The summed E-state index contributed by atoms with van der Waals surface area (Å²) in [6.07, 6.45) is 0. The first-order chi connectivity index (χ1) is 2.89. The van der Waals surface area contributed by atoms with Crippen molar-refractivity contribution in [1.29, 1.82) is 0 Å². The summed E-state index contributed by atoms with van der Waals surface area (Å²) in [5.74, 6) is 0.245. The summed E-state index contributed by atoms with van der Waals surface area (Å²) in [5.41, 5.74) is 4.99. The number of nitrogens with zero attached hydrogens (tertiary/aromatic N) is 3. The molecule has 0 aliphatic rings.